The fourth-order valence-electron chi connectivity index (χ4n) is 1.88. The summed E-state index contributed by atoms with van der Waals surface area (Å²) in [6.45, 7) is 0. The van der Waals surface area contributed by atoms with Crippen LogP contribution in [0.1, 0.15) is 11.1 Å². The molecule has 0 saturated carbocycles. The summed E-state index contributed by atoms with van der Waals surface area (Å²) in [5, 5.41) is 0. The molecule has 0 amide bonds. The fourth-order valence-corrected chi connectivity index (χ4v) is 7.67. The van der Waals surface area contributed by atoms with Crippen LogP contribution in [0.5, 0.6) is 0 Å². The summed E-state index contributed by atoms with van der Waals surface area (Å²) in [7, 11) is -1.83. The van der Waals surface area contributed by atoms with Crippen LogP contribution in [0, 0.1) is 0 Å². The highest BCUT2D eigenvalue weighted by Gasteiger charge is 2.50. The number of rotatable bonds is 8. The van der Waals surface area contributed by atoms with Crippen molar-refractivity contribution in [2.45, 2.75) is 9.14 Å². The minimum absolute atomic E-state index is 0.0538. The van der Waals surface area contributed by atoms with Gasteiger partial charge in [-0.05, 0) is 49.1 Å². The van der Waals surface area contributed by atoms with Gasteiger partial charge in [-0.1, -0.05) is 37.9 Å². The fraction of sp³-hybridized carbons (Fsp3) is 0.500. The molecular weight excluding hydrogens is 622 g/mol. The topological polar surface area (TPSA) is 71.1 Å². The van der Waals surface area contributed by atoms with E-state index in [1.165, 1.54) is 28.4 Å². The number of benzene rings is 1. The summed E-state index contributed by atoms with van der Waals surface area (Å²) < 4.78 is 45.8. The smallest absolute Gasteiger partial charge is 0.312 e. The van der Waals surface area contributed by atoms with Gasteiger partial charge in [-0.2, -0.15) is 0 Å². The average Bonchev–Trinajstić information content (AvgIpc) is 2.57. The van der Waals surface area contributed by atoms with Gasteiger partial charge in [-0.15, -0.1) is 0 Å². The van der Waals surface area contributed by atoms with Gasteiger partial charge in [0.15, 0.2) is 0 Å². The Morgan fingerprint density at radius 2 is 1.46 bits per heavy atom. The van der Waals surface area contributed by atoms with Gasteiger partial charge in [-0.25, -0.2) is 0 Å². The minimum Gasteiger partial charge on any atom is -0.312 e. The predicted octanol–water partition coefficient (Wildman–Crippen LogP) is 6.58. The summed E-state index contributed by atoms with van der Waals surface area (Å²) in [4.78, 5) is 0. The van der Waals surface area contributed by atoms with Crippen molar-refractivity contribution in [3.8, 4) is 0 Å². The first-order valence-electron chi connectivity index (χ1n) is 6.29. The van der Waals surface area contributed by atoms with Gasteiger partial charge in [0, 0.05) is 37.4 Å². The van der Waals surface area contributed by atoms with Crippen LogP contribution in [0.4, 0.5) is 0 Å². The van der Waals surface area contributed by atoms with Crippen molar-refractivity contribution in [2.24, 2.45) is 0 Å². The Morgan fingerprint density at radius 1 is 0.958 bits per heavy atom. The van der Waals surface area contributed by atoms with Crippen LogP contribution >= 0.6 is 78.9 Å². The first-order chi connectivity index (χ1) is 11.0. The molecule has 0 unspecified atom stereocenters. The Bertz CT molecular complexity index is 680. The first kappa shape index (κ1) is 23.5. The molecule has 12 heteroatoms. The predicted molar refractivity (Wildman–Crippen MR) is 108 cm³/mol. The Hall–Kier alpha value is 1.44. The van der Waals surface area contributed by atoms with E-state index in [1.807, 2.05) is 0 Å². The van der Waals surface area contributed by atoms with Gasteiger partial charge in [0.25, 0.3) is 0 Å². The summed E-state index contributed by atoms with van der Waals surface area (Å²) >= 11 is 13.6. The normalized spacial score (nSPS) is 13.3. The van der Waals surface area contributed by atoms with Crippen LogP contribution in [0.25, 0.3) is 0 Å². The van der Waals surface area contributed by atoms with E-state index in [-0.39, 0.29) is 6.16 Å². The van der Waals surface area contributed by atoms with Crippen molar-refractivity contribution in [3.05, 3.63) is 32.2 Å². The number of hydrogen-bond acceptors (Lipinski definition) is 6. The van der Waals surface area contributed by atoms with E-state index in [9.17, 15) is 9.13 Å². The number of halogens is 4. The average molecular weight is 638 g/mol. The molecule has 138 valence electrons. The zero-order valence-corrected chi connectivity index (χ0v) is 21.4. The highest BCUT2D eigenvalue weighted by atomic mass is 79.9. The van der Waals surface area contributed by atoms with E-state index in [0.717, 1.165) is 4.47 Å². The largest absolute Gasteiger partial charge is 0.361 e. The zero-order chi connectivity index (χ0) is 18.8. The first-order valence-corrected chi connectivity index (χ1v) is 12.7. The standard InChI is InChI=1S/C12H16Br4O6P2/c1-19-23(17,20-2)7-8-9(5-6-10(13)11(8)14)12(15,16)24(18,21-3)22-4/h5-6H,7H2,1-4H3. The monoisotopic (exact) mass is 634 g/mol. The molecule has 1 aromatic carbocycles. The third-order valence-electron chi connectivity index (χ3n) is 3.25. The second-order valence-electron chi connectivity index (χ2n) is 4.43. The molecule has 0 atom stereocenters. The molecule has 0 heterocycles. The van der Waals surface area contributed by atoms with Gasteiger partial charge in [0.2, 0.25) is 2.97 Å². The molecule has 0 aromatic heterocycles. The van der Waals surface area contributed by atoms with E-state index < -0.39 is 18.2 Å². The third kappa shape index (κ3) is 4.64. The molecule has 0 saturated heterocycles. The Kier molecular flexibility index (Phi) is 8.89. The maximum atomic E-state index is 12.9. The highest BCUT2D eigenvalue weighted by Crippen LogP contribution is 2.72. The molecule has 0 fully saturated rings. The van der Waals surface area contributed by atoms with Crippen LogP contribution in [-0.4, -0.2) is 28.4 Å². The van der Waals surface area contributed by atoms with Crippen molar-refractivity contribution in [1.29, 1.82) is 0 Å². The van der Waals surface area contributed by atoms with Gasteiger partial charge in [0.05, 0.1) is 6.16 Å². The minimum atomic E-state index is -3.62. The molecule has 0 aliphatic heterocycles. The Labute approximate surface area is 174 Å². The summed E-state index contributed by atoms with van der Waals surface area (Å²) in [5.74, 6) is 0. The molecule has 0 radical (unpaired) electrons. The summed E-state index contributed by atoms with van der Waals surface area (Å²) in [5.41, 5.74) is 1.05. The summed E-state index contributed by atoms with van der Waals surface area (Å²) in [6.07, 6.45) is -0.0538. The molecular formula is C12H16Br4O6P2. The van der Waals surface area contributed by atoms with Crippen LogP contribution in [0.2, 0.25) is 0 Å². The SMILES string of the molecule is COP(=O)(Cc1c(C(Br)(Br)P(=O)(OC)OC)ccc(Br)c1Br)OC. The molecule has 6 nitrogen and oxygen atoms in total. The van der Waals surface area contributed by atoms with Crippen molar-refractivity contribution in [1.82, 2.24) is 0 Å². The number of hydrogen-bond donors (Lipinski definition) is 0. The lowest BCUT2D eigenvalue weighted by molar-refractivity contribution is 0.270. The molecule has 0 aliphatic rings. The van der Waals surface area contributed by atoms with E-state index in [2.05, 4.69) is 63.7 Å². The van der Waals surface area contributed by atoms with Crippen molar-refractivity contribution in [3.63, 3.8) is 0 Å². The van der Waals surface area contributed by atoms with Gasteiger partial charge >= 0.3 is 15.2 Å². The van der Waals surface area contributed by atoms with Crippen LogP contribution in [0.15, 0.2) is 21.1 Å². The lowest BCUT2D eigenvalue weighted by Crippen LogP contribution is -2.16. The van der Waals surface area contributed by atoms with Crippen LogP contribution < -0.4 is 0 Å². The Balaban J connectivity index is 3.64. The van der Waals surface area contributed by atoms with Gasteiger partial charge in [-0.3, -0.25) is 9.13 Å². The second-order valence-corrected chi connectivity index (χ2v) is 15.4. The highest BCUT2D eigenvalue weighted by molar-refractivity contribution is 9.26. The van der Waals surface area contributed by atoms with E-state index >= 15 is 0 Å². The van der Waals surface area contributed by atoms with E-state index in [0.29, 0.717) is 15.6 Å². The molecule has 1 rings (SSSR count). The van der Waals surface area contributed by atoms with E-state index in [4.69, 9.17) is 18.1 Å². The molecule has 0 N–H and O–H groups in total. The van der Waals surface area contributed by atoms with Crippen molar-refractivity contribution >= 4 is 78.9 Å². The second kappa shape index (κ2) is 9.09. The van der Waals surface area contributed by atoms with Crippen LogP contribution in [-0.2, 0) is 36.4 Å². The molecule has 0 aliphatic carbocycles. The third-order valence-corrected chi connectivity index (χ3v) is 12.5. The maximum absolute atomic E-state index is 12.9. The quantitative estimate of drug-likeness (QED) is 0.237. The molecule has 1 aromatic rings. The van der Waals surface area contributed by atoms with Gasteiger partial charge < -0.3 is 18.1 Å². The Morgan fingerprint density at radius 3 is 1.88 bits per heavy atom. The van der Waals surface area contributed by atoms with Crippen LogP contribution in [0.3, 0.4) is 0 Å². The summed E-state index contributed by atoms with van der Waals surface area (Å²) in [6, 6.07) is 3.45. The molecule has 0 bridgehead atoms. The van der Waals surface area contributed by atoms with Crippen molar-refractivity contribution in [2.75, 3.05) is 28.4 Å². The lowest BCUT2D eigenvalue weighted by Gasteiger charge is -2.30. The molecule has 24 heavy (non-hydrogen) atoms. The lowest BCUT2D eigenvalue weighted by atomic mass is 10.1. The number of alkyl halides is 2. The molecule has 0 spiro atoms. The van der Waals surface area contributed by atoms with Crippen molar-refractivity contribution < 1.29 is 27.2 Å². The van der Waals surface area contributed by atoms with E-state index in [1.54, 1.807) is 12.1 Å². The maximum Gasteiger partial charge on any atom is 0.361 e. The van der Waals surface area contributed by atoms with Gasteiger partial charge in [0.1, 0.15) is 0 Å². The zero-order valence-electron chi connectivity index (χ0n) is 13.2.